The lowest BCUT2D eigenvalue weighted by atomic mass is 10.2. The molecule has 5 nitrogen and oxygen atoms in total. The molecule has 0 spiro atoms. The van der Waals surface area contributed by atoms with E-state index in [2.05, 4.69) is 20.1 Å². The number of hydrogen-bond acceptors (Lipinski definition) is 4. The van der Waals surface area contributed by atoms with E-state index in [1.54, 1.807) is 6.07 Å². The predicted octanol–water partition coefficient (Wildman–Crippen LogP) is 1.95. The van der Waals surface area contributed by atoms with Crippen molar-refractivity contribution >= 4 is 11.6 Å². The van der Waals surface area contributed by atoms with Crippen molar-refractivity contribution in [1.82, 2.24) is 5.32 Å². The van der Waals surface area contributed by atoms with Crippen LogP contribution < -0.4 is 20.1 Å². The average Bonchev–Trinajstić information content (AvgIpc) is 2.62. The molecular weight excluding hydrogens is 258 g/mol. The van der Waals surface area contributed by atoms with Crippen molar-refractivity contribution in [2.45, 2.75) is 19.6 Å². The highest BCUT2D eigenvalue weighted by molar-refractivity contribution is 5.76. The Hall–Kier alpha value is -2.05. The van der Waals surface area contributed by atoms with Crippen LogP contribution in [-0.2, 0) is 4.79 Å². The van der Waals surface area contributed by atoms with Crippen LogP contribution in [0, 0.1) is 0 Å². The predicted molar refractivity (Wildman–Crippen MR) is 64.4 cm³/mol. The van der Waals surface area contributed by atoms with Gasteiger partial charge in [-0.05, 0) is 19.1 Å². The average molecular weight is 272 g/mol. The first kappa shape index (κ1) is 13.4. The standard InChI is InChI=1S/C12H14F2N2O3/c1-2-15-11(17)5-6-16-8-3-4-9-10(7-8)19-12(13,14)18-9/h3-4,7,16H,2,5-6H2,1H3,(H,15,17). The molecule has 1 heterocycles. The SMILES string of the molecule is CCNC(=O)CCNc1ccc2c(c1)OC(F)(F)O2. The second-order valence-corrected chi connectivity index (χ2v) is 3.96. The number of anilines is 1. The molecule has 1 aliphatic rings. The molecule has 2 N–H and O–H groups in total. The van der Waals surface area contributed by atoms with Gasteiger partial charge in [0.1, 0.15) is 0 Å². The molecule has 0 atom stereocenters. The number of benzene rings is 1. The molecule has 1 aliphatic heterocycles. The Balaban J connectivity index is 1.88. The Morgan fingerprint density at radius 3 is 2.79 bits per heavy atom. The lowest BCUT2D eigenvalue weighted by Gasteiger charge is -2.07. The Kier molecular flexibility index (Phi) is 3.73. The van der Waals surface area contributed by atoms with Crippen LogP contribution in [0.5, 0.6) is 11.5 Å². The Labute approximate surface area is 108 Å². The second-order valence-electron chi connectivity index (χ2n) is 3.96. The van der Waals surface area contributed by atoms with E-state index in [9.17, 15) is 13.6 Å². The molecule has 0 aliphatic carbocycles. The molecule has 0 saturated heterocycles. The van der Waals surface area contributed by atoms with Crippen LogP contribution in [0.2, 0.25) is 0 Å². The third-order valence-electron chi connectivity index (χ3n) is 2.46. The molecule has 2 rings (SSSR count). The number of ether oxygens (including phenoxy) is 2. The van der Waals surface area contributed by atoms with Crippen molar-refractivity contribution in [3.05, 3.63) is 18.2 Å². The number of hydrogen-bond donors (Lipinski definition) is 2. The highest BCUT2D eigenvalue weighted by Gasteiger charge is 2.43. The maximum atomic E-state index is 12.8. The summed E-state index contributed by atoms with van der Waals surface area (Å²) in [5.41, 5.74) is 0.587. The number of fused-ring (bicyclic) bond motifs is 1. The molecule has 7 heteroatoms. The summed E-state index contributed by atoms with van der Waals surface area (Å²) in [6.07, 6.45) is -3.31. The topological polar surface area (TPSA) is 59.6 Å². The molecule has 19 heavy (non-hydrogen) atoms. The van der Waals surface area contributed by atoms with Gasteiger partial charge in [-0.15, -0.1) is 8.78 Å². The van der Waals surface area contributed by atoms with Gasteiger partial charge in [0.05, 0.1) is 0 Å². The zero-order chi connectivity index (χ0) is 13.9. The first-order chi connectivity index (χ1) is 9.00. The summed E-state index contributed by atoms with van der Waals surface area (Å²) >= 11 is 0. The van der Waals surface area contributed by atoms with Crippen molar-refractivity contribution in [1.29, 1.82) is 0 Å². The monoisotopic (exact) mass is 272 g/mol. The number of nitrogens with one attached hydrogen (secondary N) is 2. The Morgan fingerprint density at radius 1 is 1.32 bits per heavy atom. The molecule has 0 saturated carbocycles. The van der Waals surface area contributed by atoms with Gasteiger partial charge in [-0.3, -0.25) is 4.79 Å². The van der Waals surface area contributed by atoms with E-state index in [0.29, 0.717) is 25.2 Å². The van der Waals surface area contributed by atoms with Crippen molar-refractivity contribution in [3.8, 4) is 11.5 Å². The van der Waals surface area contributed by atoms with E-state index in [1.165, 1.54) is 12.1 Å². The highest BCUT2D eigenvalue weighted by atomic mass is 19.3. The van der Waals surface area contributed by atoms with Crippen LogP contribution in [0.4, 0.5) is 14.5 Å². The summed E-state index contributed by atoms with van der Waals surface area (Å²) in [6.45, 7) is 2.82. The normalized spacial score (nSPS) is 15.1. The third-order valence-corrected chi connectivity index (χ3v) is 2.46. The molecule has 0 radical (unpaired) electrons. The van der Waals surface area contributed by atoms with E-state index < -0.39 is 6.29 Å². The van der Waals surface area contributed by atoms with Crippen LogP contribution in [0.15, 0.2) is 18.2 Å². The molecule has 104 valence electrons. The van der Waals surface area contributed by atoms with Gasteiger partial charge in [0.15, 0.2) is 11.5 Å². The van der Waals surface area contributed by atoms with Crippen LogP contribution in [-0.4, -0.2) is 25.3 Å². The molecule has 0 fully saturated rings. The lowest BCUT2D eigenvalue weighted by molar-refractivity contribution is -0.286. The van der Waals surface area contributed by atoms with Gasteiger partial charge >= 0.3 is 6.29 Å². The maximum Gasteiger partial charge on any atom is 0.586 e. The first-order valence-corrected chi connectivity index (χ1v) is 5.90. The summed E-state index contributed by atoms with van der Waals surface area (Å²) < 4.78 is 34.2. The number of carbonyl (C=O) groups excluding carboxylic acids is 1. The first-order valence-electron chi connectivity index (χ1n) is 5.90. The van der Waals surface area contributed by atoms with Crippen molar-refractivity contribution in [2.24, 2.45) is 0 Å². The number of carbonyl (C=O) groups is 1. The molecule has 1 aromatic rings. The molecular formula is C12H14F2N2O3. The van der Waals surface area contributed by atoms with Crippen molar-refractivity contribution < 1.29 is 23.0 Å². The van der Waals surface area contributed by atoms with Gasteiger partial charge in [0.2, 0.25) is 5.91 Å². The van der Waals surface area contributed by atoms with Crippen molar-refractivity contribution in [3.63, 3.8) is 0 Å². The van der Waals surface area contributed by atoms with E-state index in [0.717, 1.165) is 0 Å². The second kappa shape index (κ2) is 5.29. The minimum atomic E-state index is -3.61. The Bertz CT molecular complexity index is 480. The van der Waals surface area contributed by atoms with Crippen LogP contribution in [0.3, 0.4) is 0 Å². The van der Waals surface area contributed by atoms with E-state index in [-0.39, 0.29) is 17.4 Å². The van der Waals surface area contributed by atoms with Gasteiger partial charge in [-0.25, -0.2) is 0 Å². The Morgan fingerprint density at radius 2 is 2.05 bits per heavy atom. The maximum absolute atomic E-state index is 12.8. The van der Waals surface area contributed by atoms with Gasteiger partial charge in [0, 0.05) is 31.3 Å². The molecule has 1 amide bonds. The molecule has 1 aromatic carbocycles. The quantitative estimate of drug-likeness (QED) is 0.860. The van der Waals surface area contributed by atoms with Gasteiger partial charge in [-0.2, -0.15) is 0 Å². The number of amides is 1. The highest BCUT2D eigenvalue weighted by Crippen LogP contribution is 2.42. The number of alkyl halides is 2. The summed E-state index contributed by atoms with van der Waals surface area (Å²) in [5, 5.41) is 5.61. The van der Waals surface area contributed by atoms with E-state index in [1.807, 2.05) is 6.92 Å². The van der Waals surface area contributed by atoms with Crippen LogP contribution >= 0.6 is 0 Å². The minimum Gasteiger partial charge on any atom is -0.395 e. The zero-order valence-electron chi connectivity index (χ0n) is 10.3. The van der Waals surface area contributed by atoms with Crippen molar-refractivity contribution in [2.75, 3.05) is 18.4 Å². The summed E-state index contributed by atoms with van der Waals surface area (Å²) in [7, 11) is 0. The van der Waals surface area contributed by atoms with Crippen LogP contribution in [0.1, 0.15) is 13.3 Å². The fourth-order valence-electron chi connectivity index (χ4n) is 1.66. The summed E-state index contributed by atoms with van der Waals surface area (Å²) in [6, 6.07) is 4.39. The van der Waals surface area contributed by atoms with Gasteiger partial charge < -0.3 is 20.1 Å². The summed E-state index contributed by atoms with van der Waals surface area (Å²) in [4.78, 5) is 11.2. The largest absolute Gasteiger partial charge is 0.586 e. The smallest absolute Gasteiger partial charge is 0.395 e. The molecule has 0 bridgehead atoms. The van der Waals surface area contributed by atoms with Crippen LogP contribution in [0.25, 0.3) is 0 Å². The molecule has 0 aromatic heterocycles. The fourth-order valence-corrected chi connectivity index (χ4v) is 1.66. The molecule has 0 unspecified atom stereocenters. The zero-order valence-corrected chi connectivity index (χ0v) is 10.3. The van der Waals surface area contributed by atoms with Gasteiger partial charge in [-0.1, -0.05) is 0 Å². The number of halogens is 2. The lowest BCUT2D eigenvalue weighted by Crippen LogP contribution is -2.25. The third kappa shape index (κ3) is 3.46. The van der Waals surface area contributed by atoms with E-state index in [4.69, 9.17) is 0 Å². The van der Waals surface area contributed by atoms with Gasteiger partial charge in [0.25, 0.3) is 0 Å². The number of rotatable bonds is 5. The summed E-state index contributed by atoms with van der Waals surface area (Å²) in [5.74, 6) is -0.0884. The fraction of sp³-hybridized carbons (Fsp3) is 0.417. The minimum absolute atomic E-state index is 0.000670. The van der Waals surface area contributed by atoms with E-state index >= 15 is 0 Å².